The molecule has 2 aliphatic heterocycles. The van der Waals surface area contributed by atoms with E-state index < -0.39 is 17.7 Å². The zero-order valence-corrected chi connectivity index (χ0v) is 18.5. The Hall–Kier alpha value is -3.56. The number of piperazine rings is 1. The van der Waals surface area contributed by atoms with Gasteiger partial charge in [0.15, 0.2) is 0 Å². The Bertz CT molecular complexity index is 1080. The number of halogens is 3. The van der Waals surface area contributed by atoms with Gasteiger partial charge in [-0.25, -0.2) is 0 Å². The first-order valence-corrected chi connectivity index (χ1v) is 10.9. The van der Waals surface area contributed by atoms with Crippen LogP contribution >= 0.6 is 0 Å². The second-order valence-corrected chi connectivity index (χ2v) is 8.30. The lowest BCUT2D eigenvalue weighted by Gasteiger charge is -2.36. The van der Waals surface area contributed by atoms with Gasteiger partial charge in [0.1, 0.15) is 5.75 Å². The number of ether oxygens (including phenoxy) is 1. The van der Waals surface area contributed by atoms with Gasteiger partial charge in [0.2, 0.25) is 11.8 Å². The number of carbonyl (C=O) groups excluding carboxylic acids is 3. The molecular weight excluding hydrogens is 451 g/mol. The van der Waals surface area contributed by atoms with E-state index in [0.29, 0.717) is 24.5 Å². The molecule has 2 saturated heterocycles. The van der Waals surface area contributed by atoms with Crippen LogP contribution in [0.1, 0.15) is 22.3 Å². The molecule has 180 valence electrons. The standard InChI is InChI=1S/C24H24F3N3O4/c1-34-20-4-2-3-19(14-20)30-15-17(13-21(30)31)23(33)29-11-9-28(10-12-29)22(32)16-5-7-18(8-6-16)24(25,26)27/h2-8,14,17H,9-13,15H2,1H3. The molecule has 10 heteroatoms. The highest BCUT2D eigenvalue weighted by Gasteiger charge is 2.38. The van der Waals surface area contributed by atoms with Crippen LogP contribution < -0.4 is 9.64 Å². The van der Waals surface area contributed by atoms with Gasteiger partial charge >= 0.3 is 6.18 Å². The average Bonchev–Trinajstić information content (AvgIpc) is 3.24. The molecule has 0 N–H and O–H groups in total. The number of nitrogens with zero attached hydrogens (tertiary/aromatic N) is 3. The Balaban J connectivity index is 1.34. The zero-order chi connectivity index (χ0) is 24.5. The van der Waals surface area contributed by atoms with Crippen molar-refractivity contribution in [2.45, 2.75) is 12.6 Å². The van der Waals surface area contributed by atoms with Gasteiger partial charge in [0, 0.05) is 56.5 Å². The zero-order valence-electron chi connectivity index (χ0n) is 18.5. The van der Waals surface area contributed by atoms with Crippen molar-refractivity contribution in [3.05, 3.63) is 59.7 Å². The normalized spacial score (nSPS) is 18.9. The van der Waals surface area contributed by atoms with E-state index in [1.807, 2.05) is 0 Å². The number of alkyl halides is 3. The van der Waals surface area contributed by atoms with E-state index in [-0.39, 0.29) is 49.3 Å². The van der Waals surface area contributed by atoms with E-state index in [1.54, 1.807) is 41.2 Å². The molecule has 2 fully saturated rings. The fraction of sp³-hybridized carbons (Fsp3) is 0.375. The first-order valence-electron chi connectivity index (χ1n) is 10.9. The summed E-state index contributed by atoms with van der Waals surface area (Å²) >= 11 is 0. The molecule has 0 aromatic heterocycles. The Kier molecular flexibility index (Phi) is 6.49. The van der Waals surface area contributed by atoms with Crippen LogP contribution in [0.25, 0.3) is 0 Å². The van der Waals surface area contributed by atoms with E-state index in [2.05, 4.69) is 0 Å². The number of hydrogen-bond donors (Lipinski definition) is 0. The van der Waals surface area contributed by atoms with Crippen molar-refractivity contribution < 1.29 is 32.3 Å². The van der Waals surface area contributed by atoms with Crippen LogP contribution in [0.15, 0.2) is 48.5 Å². The van der Waals surface area contributed by atoms with Gasteiger partial charge < -0.3 is 19.4 Å². The highest BCUT2D eigenvalue weighted by atomic mass is 19.4. The van der Waals surface area contributed by atoms with Gasteiger partial charge in [-0.05, 0) is 36.4 Å². The van der Waals surface area contributed by atoms with Crippen molar-refractivity contribution in [2.75, 3.05) is 44.7 Å². The maximum absolute atomic E-state index is 13.0. The van der Waals surface area contributed by atoms with Crippen LogP contribution in [0.5, 0.6) is 5.75 Å². The largest absolute Gasteiger partial charge is 0.497 e. The summed E-state index contributed by atoms with van der Waals surface area (Å²) in [7, 11) is 1.54. The van der Waals surface area contributed by atoms with Gasteiger partial charge in [0.05, 0.1) is 18.6 Å². The molecule has 7 nitrogen and oxygen atoms in total. The lowest BCUT2D eigenvalue weighted by molar-refractivity contribution is -0.138. The Morgan fingerprint density at radius 1 is 0.971 bits per heavy atom. The number of benzene rings is 2. The van der Waals surface area contributed by atoms with Gasteiger partial charge in [-0.2, -0.15) is 13.2 Å². The number of amides is 3. The second-order valence-electron chi connectivity index (χ2n) is 8.30. The third-order valence-corrected chi connectivity index (χ3v) is 6.18. The molecule has 3 amide bonds. The van der Waals surface area contributed by atoms with Crippen LogP contribution in [-0.4, -0.2) is 67.4 Å². The molecule has 1 unspecified atom stereocenters. The highest BCUT2D eigenvalue weighted by Crippen LogP contribution is 2.30. The first-order chi connectivity index (χ1) is 16.2. The molecule has 0 spiro atoms. The fourth-order valence-electron chi connectivity index (χ4n) is 4.27. The number of carbonyl (C=O) groups is 3. The smallest absolute Gasteiger partial charge is 0.416 e. The van der Waals surface area contributed by atoms with E-state index in [0.717, 1.165) is 12.1 Å². The summed E-state index contributed by atoms with van der Waals surface area (Å²) in [4.78, 5) is 43.0. The summed E-state index contributed by atoms with van der Waals surface area (Å²) in [5.41, 5.74) is 0.0308. The van der Waals surface area contributed by atoms with Crippen molar-refractivity contribution >= 4 is 23.4 Å². The van der Waals surface area contributed by atoms with Crippen molar-refractivity contribution in [3.8, 4) is 5.75 Å². The van der Waals surface area contributed by atoms with Crippen LogP contribution in [0.2, 0.25) is 0 Å². The summed E-state index contributed by atoms with van der Waals surface area (Å²) in [5.74, 6) is -0.506. The maximum atomic E-state index is 13.0. The van der Waals surface area contributed by atoms with Gasteiger partial charge in [-0.15, -0.1) is 0 Å². The van der Waals surface area contributed by atoms with Crippen LogP contribution in [0.4, 0.5) is 18.9 Å². The predicted molar refractivity (Wildman–Crippen MR) is 117 cm³/mol. The van der Waals surface area contributed by atoms with Gasteiger partial charge in [-0.3, -0.25) is 14.4 Å². The molecule has 2 aliphatic rings. The molecule has 4 rings (SSSR count). The topological polar surface area (TPSA) is 70.2 Å². The average molecular weight is 475 g/mol. The number of methoxy groups -OCH3 is 1. The van der Waals surface area contributed by atoms with Crippen molar-refractivity contribution in [3.63, 3.8) is 0 Å². The van der Waals surface area contributed by atoms with Gasteiger partial charge in [-0.1, -0.05) is 6.07 Å². The Morgan fingerprint density at radius 2 is 1.62 bits per heavy atom. The molecule has 34 heavy (non-hydrogen) atoms. The Labute approximate surface area is 194 Å². The molecular formula is C24H24F3N3O4. The van der Waals surface area contributed by atoms with Crippen molar-refractivity contribution in [2.24, 2.45) is 5.92 Å². The van der Waals surface area contributed by atoms with Gasteiger partial charge in [0.25, 0.3) is 5.91 Å². The van der Waals surface area contributed by atoms with Crippen molar-refractivity contribution in [1.29, 1.82) is 0 Å². The molecule has 2 heterocycles. The molecule has 0 bridgehead atoms. The van der Waals surface area contributed by atoms with E-state index >= 15 is 0 Å². The first kappa shape index (κ1) is 23.6. The molecule has 2 aromatic carbocycles. The van der Waals surface area contributed by atoms with Crippen molar-refractivity contribution in [1.82, 2.24) is 9.80 Å². The molecule has 0 aliphatic carbocycles. The van der Waals surface area contributed by atoms with E-state index in [9.17, 15) is 27.6 Å². The number of anilines is 1. The summed E-state index contributed by atoms with van der Waals surface area (Å²) in [5, 5.41) is 0. The third-order valence-electron chi connectivity index (χ3n) is 6.18. The second kappa shape index (κ2) is 9.36. The third kappa shape index (κ3) is 4.85. The van der Waals surface area contributed by atoms with Crippen LogP contribution in [-0.2, 0) is 15.8 Å². The predicted octanol–water partition coefficient (Wildman–Crippen LogP) is 3.05. The molecule has 2 aromatic rings. The quantitative estimate of drug-likeness (QED) is 0.682. The minimum absolute atomic E-state index is 0.112. The maximum Gasteiger partial charge on any atom is 0.416 e. The summed E-state index contributed by atoms with van der Waals surface area (Å²) in [6.45, 7) is 1.41. The highest BCUT2D eigenvalue weighted by molar-refractivity contribution is 6.00. The summed E-state index contributed by atoms with van der Waals surface area (Å²) < 4.78 is 43.4. The lowest BCUT2D eigenvalue weighted by atomic mass is 10.1. The monoisotopic (exact) mass is 475 g/mol. The molecule has 1 atom stereocenters. The number of rotatable bonds is 4. The van der Waals surface area contributed by atoms with Crippen LogP contribution in [0, 0.1) is 5.92 Å². The minimum atomic E-state index is -4.46. The summed E-state index contributed by atoms with van der Waals surface area (Å²) in [6, 6.07) is 11.2. The SMILES string of the molecule is COc1cccc(N2CC(C(=O)N3CCN(C(=O)c4ccc(C(F)(F)F)cc4)CC3)CC2=O)c1. The van der Waals surface area contributed by atoms with E-state index in [4.69, 9.17) is 4.74 Å². The summed E-state index contributed by atoms with van der Waals surface area (Å²) in [6.07, 6.45) is -4.35. The lowest BCUT2D eigenvalue weighted by Crippen LogP contribution is -2.52. The van der Waals surface area contributed by atoms with E-state index in [1.165, 1.54) is 17.0 Å². The molecule has 0 saturated carbocycles. The fourth-order valence-corrected chi connectivity index (χ4v) is 4.27. The molecule has 0 radical (unpaired) electrons. The van der Waals surface area contributed by atoms with Crippen LogP contribution in [0.3, 0.4) is 0 Å². The number of hydrogen-bond acceptors (Lipinski definition) is 4. The minimum Gasteiger partial charge on any atom is -0.497 e. The Morgan fingerprint density at radius 3 is 2.24 bits per heavy atom.